The molecule has 1 aliphatic heterocycles. The first kappa shape index (κ1) is 26.7. The van der Waals surface area contributed by atoms with Gasteiger partial charge in [-0.2, -0.15) is 0 Å². The smallest absolute Gasteiger partial charge is 0.177 e. The Kier molecular flexibility index (Phi) is 6.45. The molecule has 1 saturated carbocycles. The van der Waals surface area contributed by atoms with Crippen molar-refractivity contribution in [1.29, 1.82) is 0 Å². The van der Waals surface area contributed by atoms with E-state index in [9.17, 15) is 0 Å². The van der Waals surface area contributed by atoms with Crippen molar-refractivity contribution in [3.63, 3.8) is 0 Å². The minimum absolute atomic E-state index is 0.0316. The van der Waals surface area contributed by atoms with E-state index in [0.717, 1.165) is 12.2 Å². The first-order chi connectivity index (χ1) is 21.1. The minimum atomic E-state index is -0.682. The lowest BCUT2D eigenvalue weighted by Crippen LogP contribution is -2.37. The van der Waals surface area contributed by atoms with Crippen molar-refractivity contribution < 1.29 is 4.74 Å². The van der Waals surface area contributed by atoms with Crippen LogP contribution in [0.5, 0.6) is 5.75 Å². The fourth-order valence-corrected chi connectivity index (χ4v) is 8.58. The monoisotopic (exact) mass is 563 g/mol. The van der Waals surface area contributed by atoms with Crippen LogP contribution in [0, 0.1) is 0 Å². The molecule has 0 saturated heterocycles. The first-order valence-electron chi connectivity index (χ1n) is 16.3. The van der Waals surface area contributed by atoms with Gasteiger partial charge >= 0.3 is 0 Å². The molecule has 4 aromatic carbocycles. The number of likely N-dealkylation sites (N-methyl/N-ethyl adjacent to an activating group) is 1. The highest BCUT2D eigenvalue weighted by molar-refractivity contribution is 6.08. The molecule has 0 N–H and O–H groups in total. The van der Waals surface area contributed by atoms with Crippen molar-refractivity contribution in [1.82, 2.24) is 4.90 Å². The number of benzene rings is 4. The third-order valence-corrected chi connectivity index (χ3v) is 10.7. The molecule has 1 heterocycles. The molecule has 2 unspecified atom stereocenters. The van der Waals surface area contributed by atoms with Crippen LogP contribution >= 0.6 is 0 Å². The maximum atomic E-state index is 7.55. The maximum Gasteiger partial charge on any atom is 0.177 e. The summed E-state index contributed by atoms with van der Waals surface area (Å²) in [6, 6.07) is 29.5. The highest BCUT2D eigenvalue weighted by atomic mass is 16.5. The predicted octanol–water partition coefficient (Wildman–Crippen LogP) is 9.97. The lowest BCUT2D eigenvalue weighted by molar-refractivity contribution is 0.160. The highest BCUT2D eigenvalue weighted by Crippen LogP contribution is 2.61. The Labute approximate surface area is 256 Å². The topological polar surface area (TPSA) is 12.5 Å². The van der Waals surface area contributed by atoms with Gasteiger partial charge in [0, 0.05) is 28.0 Å². The average molecular weight is 564 g/mol. The molecule has 3 aliphatic carbocycles. The van der Waals surface area contributed by atoms with Crippen LogP contribution in [0.25, 0.3) is 28.0 Å². The van der Waals surface area contributed by atoms with Gasteiger partial charge in [-0.15, -0.1) is 0 Å². The fraction of sp³-hybridized carbons (Fsp3) is 0.317. The number of fused-ring (bicyclic) bond motifs is 10. The summed E-state index contributed by atoms with van der Waals surface area (Å²) in [5.74, 6) is 1.04. The molecule has 0 amide bonds. The van der Waals surface area contributed by atoms with Crippen LogP contribution in [0.1, 0.15) is 73.6 Å². The molecule has 2 nitrogen and oxygen atoms in total. The molecule has 0 radical (unpaired) electrons. The summed E-state index contributed by atoms with van der Waals surface area (Å²) in [5.41, 5.74) is 8.95. The second-order valence-corrected chi connectivity index (χ2v) is 13.3. The molecule has 0 aromatic heterocycles. The molecule has 1 spiro atoms. The molecule has 216 valence electrons. The first-order valence-corrected chi connectivity index (χ1v) is 16.3. The number of nitrogens with zero attached hydrogens (tertiary/aromatic N) is 1. The van der Waals surface area contributed by atoms with E-state index in [1.165, 1.54) is 94.7 Å². The summed E-state index contributed by atoms with van der Waals surface area (Å²) in [4.78, 5) is 2.29. The molecule has 4 aliphatic rings. The van der Waals surface area contributed by atoms with Gasteiger partial charge in [-0.25, -0.2) is 0 Å². The molecule has 4 aromatic rings. The van der Waals surface area contributed by atoms with Crippen LogP contribution in [0.4, 0.5) is 0 Å². The summed E-state index contributed by atoms with van der Waals surface area (Å²) in [6.45, 7) is 0. The number of hydrogen-bond donors (Lipinski definition) is 0. The molecule has 43 heavy (non-hydrogen) atoms. The van der Waals surface area contributed by atoms with Crippen molar-refractivity contribution in [2.24, 2.45) is 0 Å². The van der Waals surface area contributed by atoms with Crippen molar-refractivity contribution in [3.8, 4) is 16.9 Å². The van der Waals surface area contributed by atoms with E-state index in [1.807, 2.05) is 0 Å². The van der Waals surface area contributed by atoms with E-state index in [0.29, 0.717) is 6.04 Å². The molecule has 1 fully saturated rings. The Hall–Kier alpha value is -3.88. The summed E-state index contributed by atoms with van der Waals surface area (Å²) in [5, 5.41) is 2.53. The molecular formula is C41H41NO. The van der Waals surface area contributed by atoms with Crippen molar-refractivity contribution in [2.45, 2.75) is 68.4 Å². The zero-order valence-electron chi connectivity index (χ0n) is 25.5. The zero-order valence-corrected chi connectivity index (χ0v) is 25.5. The van der Waals surface area contributed by atoms with E-state index < -0.39 is 5.60 Å². The van der Waals surface area contributed by atoms with Crippen molar-refractivity contribution >= 4 is 16.8 Å². The maximum absolute atomic E-state index is 7.55. The van der Waals surface area contributed by atoms with Gasteiger partial charge in [0.25, 0.3) is 0 Å². The quantitative estimate of drug-likeness (QED) is 0.246. The van der Waals surface area contributed by atoms with E-state index in [4.69, 9.17) is 4.74 Å². The summed E-state index contributed by atoms with van der Waals surface area (Å²) in [6.07, 6.45) is 21.8. The Balaban J connectivity index is 1.39. The van der Waals surface area contributed by atoms with Crippen molar-refractivity contribution in [3.05, 3.63) is 131 Å². The third kappa shape index (κ3) is 4.03. The Morgan fingerprint density at radius 2 is 1.44 bits per heavy atom. The molecule has 8 rings (SSSR count). The standard InChI is InChI=1S/C41H41NO/c1-42(2)31-23-21-30(22-24-31)41(29-15-7-6-8-16-29)28-25-35-38-37(32-17-9-10-18-33(32)39(35)43-41)34-19-11-12-20-36(34)40(38)26-13-4-3-5-14-27-40/h6-12,15-23,25,28,31H,3-5,13-14,24,26-27H2,1-2H3. The van der Waals surface area contributed by atoms with E-state index in [-0.39, 0.29) is 5.41 Å². The molecule has 2 heteroatoms. The normalized spacial score (nSPS) is 23.7. The van der Waals surface area contributed by atoms with Gasteiger partial charge in [0.1, 0.15) is 5.75 Å². The zero-order chi connectivity index (χ0) is 29.0. The molecule has 0 bridgehead atoms. The SMILES string of the molecule is CN(C)C1C=CC(C2(c3ccccc3)C=Cc3c4c(c5ccccc5c3O2)-c2ccccc2C42CCCCCCC2)=CC1. The summed E-state index contributed by atoms with van der Waals surface area (Å²) in [7, 11) is 4.31. The van der Waals surface area contributed by atoms with Crippen LogP contribution in [0.15, 0.2) is 109 Å². The number of hydrogen-bond acceptors (Lipinski definition) is 2. The van der Waals surface area contributed by atoms with Crippen LogP contribution in [-0.4, -0.2) is 25.0 Å². The van der Waals surface area contributed by atoms with Gasteiger partial charge in [0.05, 0.1) is 0 Å². The third-order valence-electron chi connectivity index (χ3n) is 10.7. The summed E-state index contributed by atoms with van der Waals surface area (Å²) < 4.78 is 7.55. The highest BCUT2D eigenvalue weighted by Gasteiger charge is 2.48. The lowest BCUT2D eigenvalue weighted by atomic mass is 9.67. The van der Waals surface area contributed by atoms with Crippen LogP contribution in [0.3, 0.4) is 0 Å². The van der Waals surface area contributed by atoms with Crippen LogP contribution in [0.2, 0.25) is 0 Å². The van der Waals surface area contributed by atoms with E-state index in [2.05, 4.69) is 128 Å². The van der Waals surface area contributed by atoms with E-state index >= 15 is 0 Å². The number of rotatable bonds is 3. The number of ether oxygens (including phenoxy) is 1. The Morgan fingerprint density at radius 1 is 0.744 bits per heavy atom. The van der Waals surface area contributed by atoms with Gasteiger partial charge < -0.3 is 9.64 Å². The molecule has 2 atom stereocenters. The van der Waals surface area contributed by atoms with Crippen molar-refractivity contribution in [2.75, 3.05) is 14.1 Å². The Bertz CT molecular complexity index is 1780. The van der Waals surface area contributed by atoms with Gasteiger partial charge in [-0.05, 0) is 72.6 Å². The predicted molar refractivity (Wildman–Crippen MR) is 180 cm³/mol. The Morgan fingerprint density at radius 3 is 2.19 bits per heavy atom. The largest absolute Gasteiger partial charge is 0.472 e. The van der Waals surface area contributed by atoms with Gasteiger partial charge in [-0.3, -0.25) is 0 Å². The summed E-state index contributed by atoms with van der Waals surface area (Å²) >= 11 is 0. The fourth-order valence-electron chi connectivity index (χ4n) is 8.58. The van der Waals surface area contributed by atoms with Crippen LogP contribution < -0.4 is 4.74 Å². The van der Waals surface area contributed by atoms with Gasteiger partial charge in [0.15, 0.2) is 5.60 Å². The minimum Gasteiger partial charge on any atom is -0.472 e. The molecular weight excluding hydrogens is 522 g/mol. The average Bonchev–Trinajstić information content (AvgIpc) is 3.34. The second kappa shape index (κ2) is 10.4. The van der Waals surface area contributed by atoms with Gasteiger partial charge in [-0.1, -0.05) is 135 Å². The second-order valence-electron chi connectivity index (χ2n) is 13.3. The van der Waals surface area contributed by atoms with Crippen LogP contribution in [-0.2, 0) is 11.0 Å². The van der Waals surface area contributed by atoms with Gasteiger partial charge in [0.2, 0.25) is 0 Å². The lowest BCUT2D eigenvalue weighted by Gasteiger charge is -2.41. The van der Waals surface area contributed by atoms with E-state index in [1.54, 1.807) is 0 Å².